The van der Waals surface area contributed by atoms with E-state index in [2.05, 4.69) is 24.0 Å². The van der Waals surface area contributed by atoms with Crippen LogP contribution in [0.1, 0.15) is 12.5 Å². The largest absolute Gasteiger partial charge is 0.456 e. The molecule has 2 nitrogen and oxygen atoms in total. The third-order valence-electron chi connectivity index (χ3n) is 2.82. The van der Waals surface area contributed by atoms with Crippen molar-refractivity contribution >= 4 is 21.9 Å². The molecule has 0 amide bonds. The van der Waals surface area contributed by atoms with Crippen LogP contribution < -0.4 is 5.73 Å². The van der Waals surface area contributed by atoms with E-state index in [4.69, 9.17) is 10.2 Å². The summed E-state index contributed by atoms with van der Waals surface area (Å²) < 4.78 is 5.76. The Morgan fingerprint density at radius 1 is 1.06 bits per heavy atom. The van der Waals surface area contributed by atoms with Gasteiger partial charge in [0.05, 0.1) is 6.04 Å². The summed E-state index contributed by atoms with van der Waals surface area (Å²) >= 11 is 0. The zero-order valence-electron chi connectivity index (χ0n) is 10.1. The molecule has 3 aromatic rings. The summed E-state index contributed by atoms with van der Waals surface area (Å²) in [5.74, 6) is 6.04. The predicted octanol–water partition coefficient (Wildman–Crippen LogP) is 3.28. The van der Waals surface area contributed by atoms with Crippen molar-refractivity contribution in [2.24, 2.45) is 5.73 Å². The maximum Gasteiger partial charge on any atom is 0.135 e. The first-order valence-corrected chi connectivity index (χ1v) is 5.92. The van der Waals surface area contributed by atoms with Gasteiger partial charge in [-0.3, -0.25) is 0 Å². The van der Waals surface area contributed by atoms with Crippen LogP contribution in [0.3, 0.4) is 0 Å². The van der Waals surface area contributed by atoms with Gasteiger partial charge in [0.25, 0.3) is 0 Å². The van der Waals surface area contributed by atoms with Crippen LogP contribution in [0.2, 0.25) is 0 Å². The van der Waals surface area contributed by atoms with Gasteiger partial charge in [0, 0.05) is 16.3 Å². The fourth-order valence-corrected chi connectivity index (χ4v) is 2.00. The van der Waals surface area contributed by atoms with Crippen molar-refractivity contribution in [2.75, 3.05) is 0 Å². The maximum absolute atomic E-state index is 5.76. The van der Waals surface area contributed by atoms with Crippen LogP contribution in [-0.4, -0.2) is 6.04 Å². The maximum atomic E-state index is 5.76. The van der Waals surface area contributed by atoms with Crippen molar-refractivity contribution in [2.45, 2.75) is 13.0 Å². The molecular formula is C16H13NO. The first-order chi connectivity index (χ1) is 8.74. The molecule has 88 valence electrons. The molecule has 3 rings (SSSR count). The van der Waals surface area contributed by atoms with Crippen LogP contribution >= 0.6 is 0 Å². The highest BCUT2D eigenvalue weighted by Gasteiger charge is 2.05. The van der Waals surface area contributed by atoms with E-state index in [1.807, 2.05) is 37.3 Å². The van der Waals surface area contributed by atoms with Gasteiger partial charge < -0.3 is 10.2 Å². The van der Waals surface area contributed by atoms with E-state index in [1.54, 1.807) is 0 Å². The summed E-state index contributed by atoms with van der Waals surface area (Å²) in [7, 11) is 0. The number of fused-ring (bicyclic) bond motifs is 3. The van der Waals surface area contributed by atoms with Crippen LogP contribution in [0.4, 0.5) is 0 Å². The van der Waals surface area contributed by atoms with Gasteiger partial charge in [0.2, 0.25) is 0 Å². The molecule has 2 N–H and O–H groups in total. The number of hydrogen-bond acceptors (Lipinski definition) is 2. The Hall–Kier alpha value is -2.24. The van der Waals surface area contributed by atoms with E-state index in [-0.39, 0.29) is 6.04 Å². The molecule has 1 unspecified atom stereocenters. The van der Waals surface area contributed by atoms with Crippen molar-refractivity contribution < 1.29 is 4.42 Å². The summed E-state index contributed by atoms with van der Waals surface area (Å²) in [6.07, 6.45) is 0. The molecule has 0 aliphatic rings. The van der Waals surface area contributed by atoms with Crippen molar-refractivity contribution in [3.05, 3.63) is 48.0 Å². The van der Waals surface area contributed by atoms with Gasteiger partial charge in [-0.05, 0) is 31.2 Å². The molecule has 2 aromatic carbocycles. The average molecular weight is 235 g/mol. The second-order valence-corrected chi connectivity index (χ2v) is 4.37. The van der Waals surface area contributed by atoms with Crippen molar-refractivity contribution in [1.82, 2.24) is 0 Å². The molecule has 1 heterocycles. The number of rotatable bonds is 0. The van der Waals surface area contributed by atoms with Crippen LogP contribution in [0, 0.1) is 11.8 Å². The number of para-hydroxylation sites is 1. The van der Waals surface area contributed by atoms with Crippen LogP contribution in [-0.2, 0) is 0 Å². The lowest BCUT2D eigenvalue weighted by molar-refractivity contribution is 0.669. The Labute approximate surface area is 105 Å². The molecule has 1 atom stereocenters. The Morgan fingerprint density at radius 3 is 2.67 bits per heavy atom. The monoisotopic (exact) mass is 235 g/mol. The van der Waals surface area contributed by atoms with Gasteiger partial charge in [-0.2, -0.15) is 0 Å². The highest BCUT2D eigenvalue weighted by molar-refractivity contribution is 6.05. The standard InChI is InChI=1S/C16H13NO/c1-11(17)6-7-12-8-9-16-14(10-12)13-4-2-3-5-15(13)18-16/h2-5,8-11H,17H2,1H3. The topological polar surface area (TPSA) is 39.2 Å². The minimum Gasteiger partial charge on any atom is -0.456 e. The van der Waals surface area contributed by atoms with Gasteiger partial charge in [-0.25, -0.2) is 0 Å². The third kappa shape index (κ3) is 1.85. The lowest BCUT2D eigenvalue weighted by Crippen LogP contribution is -2.10. The molecule has 0 spiro atoms. The van der Waals surface area contributed by atoms with E-state index in [9.17, 15) is 0 Å². The van der Waals surface area contributed by atoms with Crippen LogP contribution in [0.15, 0.2) is 46.9 Å². The van der Waals surface area contributed by atoms with Crippen LogP contribution in [0.5, 0.6) is 0 Å². The van der Waals surface area contributed by atoms with Gasteiger partial charge in [0.15, 0.2) is 0 Å². The Morgan fingerprint density at radius 2 is 1.83 bits per heavy atom. The molecule has 0 saturated carbocycles. The zero-order valence-corrected chi connectivity index (χ0v) is 10.1. The van der Waals surface area contributed by atoms with E-state index in [0.29, 0.717) is 0 Å². The lowest BCUT2D eigenvalue weighted by atomic mass is 10.1. The van der Waals surface area contributed by atoms with E-state index in [0.717, 1.165) is 27.5 Å². The van der Waals surface area contributed by atoms with Gasteiger partial charge in [0.1, 0.15) is 11.2 Å². The molecule has 0 radical (unpaired) electrons. The Balaban J connectivity index is 2.22. The summed E-state index contributed by atoms with van der Waals surface area (Å²) in [5.41, 5.74) is 8.39. The highest BCUT2D eigenvalue weighted by Crippen LogP contribution is 2.28. The van der Waals surface area contributed by atoms with Gasteiger partial charge >= 0.3 is 0 Å². The zero-order chi connectivity index (χ0) is 12.5. The van der Waals surface area contributed by atoms with E-state index >= 15 is 0 Å². The molecule has 0 fully saturated rings. The van der Waals surface area contributed by atoms with E-state index < -0.39 is 0 Å². The summed E-state index contributed by atoms with van der Waals surface area (Å²) in [5, 5.41) is 2.22. The molecule has 0 saturated heterocycles. The molecule has 1 aromatic heterocycles. The van der Waals surface area contributed by atoms with Crippen molar-refractivity contribution in [3.8, 4) is 11.8 Å². The predicted molar refractivity (Wildman–Crippen MR) is 74.2 cm³/mol. The minimum absolute atomic E-state index is 0.109. The summed E-state index contributed by atoms with van der Waals surface area (Å²) in [6.45, 7) is 1.87. The van der Waals surface area contributed by atoms with Crippen LogP contribution in [0.25, 0.3) is 21.9 Å². The smallest absolute Gasteiger partial charge is 0.135 e. The lowest BCUT2D eigenvalue weighted by Gasteiger charge is -1.93. The molecule has 0 aliphatic carbocycles. The van der Waals surface area contributed by atoms with Gasteiger partial charge in [-0.1, -0.05) is 30.0 Å². The number of benzene rings is 2. The number of hydrogen-bond donors (Lipinski definition) is 1. The molecule has 0 bridgehead atoms. The molecular weight excluding hydrogens is 222 g/mol. The second-order valence-electron chi connectivity index (χ2n) is 4.37. The normalized spacial score (nSPS) is 12.3. The SMILES string of the molecule is CC(N)C#Cc1ccc2oc3ccccc3c2c1. The summed E-state index contributed by atoms with van der Waals surface area (Å²) in [4.78, 5) is 0. The molecule has 18 heavy (non-hydrogen) atoms. The van der Waals surface area contributed by atoms with Gasteiger partial charge in [-0.15, -0.1) is 0 Å². The first-order valence-electron chi connectivity index (χ1n) is 5.92. The van der Waals surface area contributed by atoms with Crippen molar-refractivity contribution in [3.63, 3.8) is 0 Å². The fraction of sp³-hybridized carbons (Fsp3) is 0.125. The second kappa shape index (κ2) is 4.21. The third-order valence-corrected chi connectivity index (χ3v) is 2.82. The number of furan rings is 1. The molecule has 2 heteroatoms. The quantitative estimate of drug-likeness (QED) is 0.607. The minimum atomic E-state index is -0.109. The number of nitrogens with two attached hydrogens (primary N) is 1. The fourth-order valence-electron chi connectivity index (χ4n) is 2.00. The summed E-state index contributed by atoms with van der Waals surface area (Å²) in [6, 6.07) is 13.9. The Kier molecular flexibility index (Phi) is 2.55. The molecule has 0 aliphatic heterocycles. The average Bonchev–Trinajstić information content (AvgIpc) is 2.74. The van der Waals surface area contributed by atoms with Crippen molar-refractivity contribution in [1.29, 1.82) is 0 Å². The Bertz CT molecular complexity index is 772. The highest BCUT2D eigenvalue weighted by atomic mass is 16.3. The first kappa shape index (κ1) is 10.9. The van der Waals surface area contributed by atoms with E-state index in [1.165, 1.54) is 0 Å².